The van der Waals surface area contributed by atoms with Crippen LogP contribution in [0.2, 0.25) is 0 Å². The largest absolute Gasteiger partial charge is 0.328 e. The number of anilines is 1. The molecule has 1 aliphatic heterocycles. The van der Waals surface area contributed by atoms with Gasteiger partial charge in [0.25, 0.3) is 0 Å². The summed E-state index contributed by atoms with van der Waals surface area (Å²) >= 11 is 0. The number of likely N-dealkylation sites (N-methyl/N-ethyl adjacent to an activating group) is 1. The number of nitrogens with zero attached hydrogens (tertiary/aromatic N) is 2. The smallest absolute Gasteiger partial charge is 0.240 e. The fourth-order valence-electron chi connectivity index (χ4n) is 2.70. The number of hydrogen-bond acceptors (Lipinski definition) is 3. The summed E-state index contributed by atoms with van der Waals surface area (Å²) in [5, 5.41) is 0. The number of benzene rings is 1. The first kappa shape index (κ1) is 15.0. The van der Waals surface area contributed by atoms with E-state index in [-0.39, 0.29) is 5.91 Å². The maximum absolute atomic E-state index is 12.4. The van der Waals surface area contributed by atoms with Crippen LogP contribution >= 0.6 is 0 Å². The highest BCUT2D eigenvalue weighted by molar-refractivity contribution is 5.94. The molecule has 2 rings (SSSR count). The topological polar surface area (TPSA) is 49.6 Å². The molecule has 4 nitrogen and oxygen atoms in total. The number of likely N-dealkylation sites (tertiary alicyclic amines) is 1. The van der Waals surface area contributed by atoms with E-state index in [0.29, 0.717) is 12.6 Å². The monoisotopic (exact) mass is 275 g/mol. The van der Waals surface area contributed by atoms with Gasteiger partial charge in [-0.3, -0.25) is 9.69 Å². The van der Waals surface area contributed by atoms with E-state index in [1.807, 2.05) is 7.05 Å². The van der Waals surface area contributed by atoms with Gasteiger partial charge in [-0.05, 0) is 49.9 Å². The Balaban J connectivity index is 1.98. The first-order chi connectivity index (χ1) is 9.45. The van der Waals surface area contributed by atoms with Crippen LogP contribution in [0.1, 0.15) is 24.0 Å². The Morgan fingerprint density at radius 1 is 1.25 bits per heavy atom. The van der Waals surface area contributed by atoms with E-state index in [0.717, 1.165) is 31.6 Å². The van der Waals surface area contributed by atoms with E-state index < -0.39 is 0 Å². The lowest BCUT2D eigenvalue weighted by Crippen LogP contribution is -2.45. The quantitative estimate of drug-likeness (QED) is 0.913. The molecule has 0 radical (unpaired) electrons. The molecule has 1 aliphatic rings. The van der Waals surface area contributed by atoms with Gasteiger partial charge < -0.3 is 10.6 Å². The fraction of sp³-hybridized carbons (Fsp3) is 0.562. The second kappa shape index (κ2) is 6.37. The number of piperidine rings is 1. The Bertz CT molecular complexity index is 458. The molecule has 0 spiro atoms. The highest BCUT2D eigenvalue weighted by Crippen LogP contribution is 2.18. The zero-order valence-corrected chi connectivity index (χ0v) is 12.7. The number of nitrogens with two attached hydrogens (primary N) is 1. The van der Waals surface area contributed by atoms with Crippen LogP contribution < -0.4 is 10.6 Å². The maximum atomic E-state index is 12.4. The van der Waals surface area contributed by atoms with Crippen molar-refractivity contribution in [1.29, 1.82) is 0 Å². The van der Waals surface area contributed by atoms with E-state index in [2.05, 4.69) is 36.9 Å². The minimum Gasteiger partial charge on any atom is -0.328 e. The van der Waals surface area contributed by atoms with Gasteiger partial charge in [-0.2, -0.15) is 0 Å². The molecule has 1 fully saturated rings. The summed E-state index contributed by atoms with van der Waals surface area (Å²) in [6.07, 6.45) is 1.97. The predicted octanol–water partition coefficient (Wildman–Crippen LogP) is 1.69. The summed E-state index contributed by atoms with van der Waals surface area (Å²) in [4.78, 5) is 16.3. The van der Waals surface area contributed by atoms with Crippen molar-refractivity contribution in [1.82, 2.24) is 4.90 Å². The standard InChI is InChI=1S/C16H25N3O/c1-12-8-13(2)10-15(9-12)18(3)16(20)11-19-6-4-14(17)5-7-19/h8-10,14H,4-7,11,17H2,1-3H3. The van der Waals surface area contributed by atoms with Gasteiger partial charge in [0.2, 0.25) is 5.91 Å². The van der Waals surface area contributed by atoms with Crippen LogP contribution in [0.25, 0.3) is 0 Å². The molecule has 1 amide bonds. The maximum Gasteiger partial charge on any atom is 0.240 e. The Hall–Kier alpha value is -1.39. The lowest BCUT2D eigenvalue weighted by Gasteiger charge is -2.31. The van der Waals surface area contributed by atoms with Crippen LogP contribution in [0, 0.1) is 13.8 Å². The zero-order valence-electron chi connectivity index (χ0n) is 12.7. The molecule has 1 heterocycles. The number of carbonyl (C=O) groups is 1. The molecule has 1 saturated heterocycles. The normalized spacial score (nSPS) is 17.2. The number of carbonyl (C=O) groups excluding carboxylic acids is 1. The molecule has 2 N–H and O–H groups in total. The zero-order chi connectivity index (χ0) is 14.7. The Kier molecular flexibility index (Phi) is 4.78. The van der Waals surface area contributed by atoms with Crippen molar-refractivity contribution in [3.05, 3.63) is 29.3 Å². The summed E-state index contributed by atoms with van der Waals surface area (Å²) < 4.78 is 0. The highest BCUT2D eigenvalue weighted by Gasteiger charge is 2.20. The van der Waals surface area contributed by atoms with Crippen LogP contribution in [-0.2, 0) is 4.79 Å². The summed E-state index contributed by atoms with van der Waals surface area (Å²) in [7, 11) is 1.85. The van der Waals surface area contributed by atoms with Crippen LogP contribution in [0.3, 0.4) is 0 Å². The Morgan fingerprint density at radius 3 is 2.35 bits per heavy atom. The number of aryl methyl sites for hydroxylation is 2. The van der Waals surface area contributed by atoms with Crippen LogP contribution in [-0.4, -0.2) is 43.5 Å². The average Bonchev–Trinajstić information content (AvgIpc) is 2.39. The van der Waals surface area contributed by atoms with E-state index in [1.165, 1.54) is 11.1 Å². The van der Waals surface area contributed by atoms with Gasteiger partial charge in [0.05, 0.1) is 6.54 Å². The summed E-state index contributed by atoms with van der Waals surface area (Å²) in [5.41, 5.74) is 9.23. The molecule has 0 aliphatic carbocycles. The molecule has 0 aromatic heterocycles. The Morgan fingerprint density at radius 2 is 1.80 bits per heavy atom. The van der Waals surface area contributed by atoms with Gasteiger partial charge in [0, 0.05) is 31.9 Å². The van der Waals surface area contributed by atoms with E-state index in [9.17, 15) is 4.79 Å². The molecular weight excluding hydrogens is 250 g/mol. The second-order valence-corrected chi connectivity index (χ2v) is 5.91. The molecule has 0 atom stereocenters. The SMILES string of the molecule is Cc1cc(C)cc(N(C)C(=O)CN2CCC(N)CC2)c1. The Labute approximate surface area is 121 Å². The van der Waals surface area contributed by atoms with Gasteiger partial charge in [0.1, 0.15) is 0 Å². The van der Waals surface area contributed by atoms with E-state index in [4.69, 9.17) is 5.73 Å². The molecule has 4 heteroatoms. The molecule has 1 aromatic carbocycles. The predicted molar refractivity (Wildman–Crippen MR) is 83.0 cm³/mol. The third-order valence-corrected chi connectivity index (χ3v) is 3.96. The summed E-state index contributed by atoms with van der Waals surface area (Å²) in [5.74, 6) is 0.144. The van der Waals surface area contributed by atoms with E-state index >= 15 is 0 Å². The van der Waals surface area contributed by atoms with E-state index in [1.54, 1.807) is 4.90 Å². The second-order valence-electron chi connectivity index (χ2n) is 5.91. The minimum absolute atomic E-state index is 0.144. The third-order valence-electron chi connectivity index (χ3n) is 3.96. The summed E-state index contributed by atoms with van der Waals surface area (Å²) in [6.45, 7) is 6.44. The van der Waals surface area contributed by atoms with Crippen LogP contribution in [0.5, 0.6) is 0 Å². The first-order valence-corrected chi connectivity index (χ1v) is 7.28. The van der Waals surface area contributed by atoms with Gasteiger partial charge in [-0.15, -0.1) is 0 Å². The molecule has 1 aromatic rings. The molecule has 110 valence electrons. The molecule has 0 saturated carbocycles. The van der Waals surface area contributed by atoms with Gasteiger partial charge in [-0.25, -0.2) is 0 Å². The fourth-order valence-corrected chi connectivity index (χ4v) is 2.70. The van der Waals surface area contributed by atoms with Gasteiger partial charge >= 0.3 is 0 Å². The van der Waals surface area contributed by atoms with Crippen molar-refractivity contribution in [2.24, 2.45) is 5.73 Å². The van der Waals surface area contributed by atoms with Crippen molar-refractivity contribution in [3.8, 4) is 0 Å². The van der Waals surface area contributed by atoms with Crippen molar-refractivity contribution in [2.75, 3.05) is 31.6 Å². The van der Waals surface area contributed by atoms with Crippen molar-refractivity contribution < 1.29 is 4.79 Å². The van der Waals surface area contributed by atoms with Crippen molar-refractivity contribution in [3.63, 3.8) is 0 Å². The molecule has 20 heavy (non-hydrogen) atoms. The van der Waals surface area contributed by atoms with Crippen LogP contribution in [0.15, 0.2) is 18.2 Å². The number of hydrogen-bond donors (Lipinski definition) is 1. The average molecular weight is 275 g/mol. The van der Waals surface area contributed by atoms with Gasteiger partial charge in [-0.1, -0.05) is 6.07 Å². The van der Waals surface area contributed by atoms with Crippen molar-refractivity contribution >= 4 is 11.6 Å². The molecule has 0 unspecified atom stereocenters. The summed E-state index contributed by atoms with van der Waals surface area (Å²) in [6, 6.07) is 6.53. The van der Waals surface area contributed by atoms with Gasteiger partial charge in [0.15, 0.2) is 0 Å². The highest BCUT2D eigenvalue weighted by atomic mass is 16.2. The third kappa shape index (κ3) is 3.81. The first-order valence-electron chi connectivity index (χ1n) is 7.28. The lowest BCUT2D eigenvalue weighted by molar-refractivity contribution is -0.119. The van der Waals surface area contributed by atoms with Crippen LogP contribution in [0.4, 0.5) is 5.69 Å². The number of amides is 1. The molecular formula is C16H25N3O. The minimum atomic E-state index is 0.144. The molecule has 0 bridgehead atoms. The lowest BCUT2D eigenvalue weighted by atomic mass is 10.1. The number of rotatable bonds is 3. The van der Waals surface area contributed by atoms with Crippen molar-refractivity contribution in [2.45, 2.75) is 32.7 Å².